The van der Waals surface area contributed by atoms with Gasteiger partial charge in [-0.15, -0.1) is 0 Å². The molecule has 0 saturated carbocycles. The average molecular weight is 474 g/mol. The van der Waals surface area contributed by atoms with Crippen LogP contribution in [0.1, 0.15) is 16.9 Å². The van der Waals surface area contributed by atoms with Gasteiger partial charge in [0.2, 0.25) is 11.8 Å². The quantitative estimate of drug-likeness (QED) is 0.351. The molecule has 1 aromatic heterocycles. The number of hydrogen-bond donors (Lipinski definition) is 5. The van der Waals surface area contributed by atoms with Crippen LogP contribution >= 0.6 is 0 Å². The lowest BCUT2D eigenvalue weighted by Crippen LogP contribution is -2.46. The predicted molar refractivity (Wildman–Crippen MR) is 135 cm³/mol. The van der Waals surface area contributed by atoms with E-state index in [4.69, 9.17) is 17.2 Å². The van der Waals surface area contributed by atoms with Crippen LogP contribution in [0, 0.1) is 0 Å². The Hall–Kier alpha value is -4.86. The molecule has 0 unspecified atom stereocenters. The van der Waals surface area contributed by atoms with Crippen LogP contribution in [0.2, 0.25) is 0 Å². The maximum Gasteiger partial charge on any atom is 0.272 e. The van der Waals surface area contributed by atoms with E-state index < -0.39 is 30.2 Å². The fourth-order valence-electron chi connectivity index (χ4n) is 3.22. The molecule has 0 radical (unpaired) electrons. The molecule has 35 heavy (non-hydrogen) atoms. The first kappa shape index (κ1) is 24.8. The van der Waals surface area contributed by atoms with Gasteiger partial charge in [0.1, 0.15) is 6.04 Å². The number of carbonyl (C=O) groups is 3. The Morgan fingerprint density at radius 2 is 1.57 bits per heavy atom. The van der Waals surface area contributed by atoms with E-state index in [0.29, 0.717) is 22.8 Å². The molecule has 0 spiro atoms. The SMILES string of the molecule is Cn1nc(C(=O)N[C@@H](CC(N)=O)C(=O)Nc2cccc(N)ccc(N)cc2)cc1-c1ccccc1. The molecule has 2 aromatic carbocycles. The van der Waals surface area contributed by atoms with Gasteiger partial charge in [0, 0.05) is 24.1 Å². The lowest BCUT2D eigenvalue weighted by molar-refractivity contribution is -0.123. The van der Waals surface area contributed by atoms with Crippen LogP contribution in [0.15, 0.2) is 78.9 Å². The minimum Gasteiger partial charge on any atom is -0.399 e. The molecule has 3 amide bonds. The van der Waals surface area contributed by atoms with Crippen molar-refractivity contribution in [3.05, 3.63) is 84.6 Å². The smallest absolute Gasteiger partial charge is 0.272 e. The summed E-state index contributed by atoms with van der Waals surface area (Å²) < 4.78 is 1.56. The van der Waals surface area contributed by atoms with Crippen molar-refractivity contribution in [2.24, 2.45) is 12.8 Å². The van der Waals surface area contributed by atoms with Crippen LogP contribution in [0.3, 0.4) is 0 Å². The monoisotopic (exact) mass is 473 g/mol. The number of nitrogens with zero attached hydrogens (tertiary/aromatic N) is 2. The second kappa shape index (κ2) is 11.3. The molecule has 1 atom stereocenters. The number of nitrogens with two attached hydrogens (primary N) is 3. The molecule has 3 aromatic rings. The third-order valence-corrected chi connectivity index (χ3v) is 4.96. The van der Waals surface area contributed by atoms with Crippen molar-refractivity contribution < 1.29 is 14.4 Å². The third kappa shape index (κ3) is 7.06. The fourth-order valence-corrected chi connectivity index (χ4v) is 3.22. The number of nitrogens with one attached hydrogen (secondary N) is 2. The molecule has 8 N–H and O–H groups in total. The van der Waals surface area contributed by atoms with Gasteiger partial charge < -0.3 is 27.8 Å². The van der Waals surface area contributed by atoms with Gasteiger partial charge in [-0.05, 0) is 48.0 Å². The topological polar surface area (TPSA) is 171 Å². The summed E-state index contributed by atoms with van der Waals surface area (Å²) in [7, 11) is 1.71. The first-order valence-electron chi connectivity index (χ1n) is 10.7. The van der Waals surface area contributed by atoms with Gasteiger partial charge in [-0.2, -0.15) is 5.10 Å². The van der Waals surface area contributed by atoms with Gasteiger partial charge >= 0.3 is 0 Å². The standard InChI is InChI=1S/C25H27N7O3/c1-32-22(16-6-3-2-4-7-16)14-21(31-32)25(35)30-20(15-23(28)33)24(34)29-19-9-5-8-17(26)10-11-18(27)12-13-19/h2-14,20H,15,26-27H2,1H3,(H2,28,33)(H,29,34)(H,30,35)/t20-/m0/s1. The molecule has 1 heterocycles. The molecule has 3 rings (SSSR count). The number of anilines is 3. The number of rotatable bonds is 7. The highest BCUT2D eigenvalue weighted by atomic mass is 16.2. The molecule has 10 heteroatoms. The van der Waals surface area contributed by atoms with E-state index in [2.05, 4.69) is 15.7 Å². The minimum atomic E-state index is -1.23. The van der Waals surface area contributed by atoms with Crippen LogP contribution in [0.5, 0.6) is 0 Å². The highest BCUT2D eigenvalue weighted by molar-refractivity contribution is 6.02. The highest BCUT2D eigenvalue weighted by Gasteiger charge is 2.25. The molecular weight excluding hydrogens is 446 g/mol. The summed E-state index contributed by atoms with van der Waals surface area (Å²) >= 11 is 0. The van der Waals surface area contributed by atoms with Crippen LogP contribution in [0.25, 0.3) is 11.3 Å². The summed E-state index contributed by atoms with van der Waals surface area (Å²) in [5.74, 6) is -2.01. The fraction of sp³-hybridized carbons (Fsp3) is 0.120. The van der Waals surface area contributed by atoms with Crippen molar-refractivity contribution in [3.8, 4) is 11.3 Å². The van der Waals surface area contributed by atoms with E-state index >= 15 is 0 Å². The first-order chi connectivity index (χ1) is 16.7. The molecule has 0 fully saturated rings. The molecule has 0 aliphatic carbocycles. The van der Waals surface area contributed by atoms with Crippen molar-refractivity contribution in [3.63, 3.8) is 0 Å². The second-order valence-corrected chi connectivity index (χ2v) is 7.74. The Morgan fingerprint density at radius 1 is 0.914 bits per heavy atom. The summed E-state index contributed by atoms with van der Waals surface area (Å²) in [6, 6.07) is 21.1. The van der Waals surface area contributed by atoms with Gasteiger partial charge in [-0.1, -0.05) is 36.4 Å². The summed E-state index contributed by atoms with van der Waals surface area (Å²) in [6.45, 7) is 0. The normalized spacial score (nSPS) is 11.1. The van der Waals surface area contributed by atoms with Crippen molar-refractivity contribution in [1.29, 1.82) is 0 Å². The summed E-state index contributed by atoms with van der Waals surface area (Å²) in [4.78, 5) is 37.5. The van der Waals surface area contributed by atoms with Gasteiger partial charge in [0.05, 0.1) is 12.1 Å². The average Bonchev–Trinajstić information content (AvgIpc) is 3.22. The predicted octanol–water partition coefficient (Wildman–Crippen LogP) is 1.99. The van der Waals surface area contributed by atoms with Crippen molar-refractivity contribution >= 4 is 34.8 Å². The molecule has 0 bridgehead atoms. The van der Waals surface area contributed by atoms with Crippen LogP contribution < -0.4 is 27.8 Å². The third-order valence-electron chi connectivity index (χ3n) is 4.96. The minimum absolute atomic E-state index is 0.0922. The number of amides is 3. The second-order valence-electron chi connectivity index (χ2n) is 7.74. The van der Waals surface area contributed by atoms with Gasteiger partial charge in [-0.3, -0.25) is 19.1 Å². The van der Waals surface area contributed by atoms with Crippen LogP contribution in [0.4, 0.5) is 17.1 Å². The van der Waals surface area contributed by atoms with Crippen molar-refractivity contribution in [2.75, 3.05) is 16.8 Å². The maximum atomic E-state index is 13.0. The van der Waals surface area contributed by atoms with E-state index in [9.17, 15) is 14.4 Å². The summed E-state index contributed by atoms with van der Waals surface area (Å²) in [5.41, 5.74) is 20.0. The van der Waals surface area contributed by atoms with E-state index in [0.717, 1.165) is 5.56 Å². The Bertz CT molecular complexity index is 1290. The van der Waals surface area contributed by atoms with Gasteiger partial charge in [0.15, 0.2) is 5.69 Å². The molecule has 180 valence electrons. The van der Waals surface area contributed by atoms with E-state index in [1.54, 1.807) is 60.3 Å². The number of carbonyl (C=O) groups excluding carboxylic acids is 3. The van der Waals surface area contributed by atoms with Gasteiger partial charge in [0.25, 0.3) is 5.91 Å². The summed E-state index contributed by atoms with van der Waals surface area (Å²) in [5, 5.41) is 9.46. The maximum absolute atomic E-state index is 13.0. The largest absolute Gasteiger partial charge is 0.399 e. The van der Waals surface area contributed by atoms with Gasteiger partial charge in [-0.25, -0.2) is 0 Å². The molecule has 0 saturated heterocycles. The number of aromatic nitrogens is 2. The zero-order valence-corrected chi connectivity index (χ0v) is 19.1. The lowest BCUT2D eigenvalue weighted by Gasteiger charge is -2.16. The first-order valence-corrected chi connectivity index (χ1v) is 10.7. The summed E-state index contributed by atoms with van der Waals surface area (Å²) in [6.07, 6.45) is -0.402. The number of hydrogen-bond acceptors (Lipinski definition) is 6. The van der Waals surface area contributed by atoms with E-state index in [-0.39, 0.29) is 5.69 Å². The number of benzene rings is 1. The Kier molecular flexibility index (Phi) is 8.02. The Balaban J connectivity index is 1.82. The Labute approximate surface area is 202 Å². The molecule has 0 aliphatic heterocycles. The lowest BCUT2D eigenvalue weighted by atomic mass is 10.1. The van der Waals surface area contributed by atoms with Crippen LogP contribution in [-0.4, -0.2) is 33.5 Å². The zero-order chi connectivity index (χ0) is 25.4. The molecule has 10 nitrogen and oxygen atoms in total. The number of nitrogen functional groups attached to an aromatic ring is 2. The highest BCUT2D eigenvalue weighted by Crippen LogP contribution is 2.19. The Morgan fingerprint density at radius 3 is 2.26 bits per heavy atom. The van der Waals surface area contributed by atoms with Crippen molar-refractivity contribution in [2.45, 2.75) is 12.5 Å². The zero-order valence-electron chi connectivity index (χ0n) is 19.1. The molecular formula is C25H27N7O3. The van der Waals surface area contributed by atoms with E-state index in [1.165, 1.54) is 0 Å². The van der Waals surface area contributed by atoms with Crippen LogP contribution in [-0.2, 0) is 16.6 Å². The number of aryl methyl sites for hydroxylation is 1. The van der Waals surface area contributed by atoms with E-state index in [1.807, 2.05) is 30.3 Å². The molecule has 0 aliphatic rings. The number of primary amides is 1. The van der Waals surface area contributed by atoms with Crippen molar-refractivity contribution in [1.82, 2.24) is 15.1 Å².